The first-order valence-electron chi connectivity index (χ1n) is 8.90. The van der Waals surface area contributed by atoms with Gasteiger partial charge in [-0.1, -0.05) is 48.5 Å². The van der Waals surface area contributed by atoms with Crippen LogP contribution in [0, 0.1) is 0 Å². The second kappa shape index (κ2) is 9.59. The Hall–Kier alpha value is -1.84. The third-order valence-electron chi connectivity index (χ3n) is 4.89. The lowest BCUT2D eigenvalue weighted by Gasteiger charge is -2.27. The summed E-state index contributed by atoms with van der Waals surface area (Å²) in [4.78, 5) is 12.7. The molecule has 25 heavy (non-hydrogen) atoms. The van der Waals surface area contributed by atoms with E-state index in [0.29, 0.717) is 6.04 Å². The van der Waals surface area contributed by atoms with Gasteiger partial charge in [-0.15, -0.1) is 12.4 Å². The Bertz CT molecular complexity index is 667. The van der Waals surface area contributed by atoms with E-state index in [1.54, 1.807) is 0 Å². The molecule has 1 fully saturated rings. The highest BCUT2D eigenvalue weighted by Crippen LogP contribution is 2.18. The van der Waals surface area contributed by atoms with Gasteiger partial charge in [-0.3, -0.25) is 4.79 Å². The Morgan fingerprint density at radius 3 is 2.28 bits per heavy atom. The molecule has 1 saturated carbocycles. The lowest BCUT2D eigenvalue weighted by atomic mass is 9.91. The van der Waals surface area contributed by atoms with Crippen LogP contribution in [0.3, 0.4) is 0 Å². The van der Waals surface area contributed by atoms with Crippen LogP contribution in [-0.4, -0.2) is 18.0 Å². The summed E-state index contributed by atoms with van der Waals surface area (Å²) in [7, 11) is 0. The average molecular weight is 359 g/mol. The van der Waals surface area contributed by atoms with Crippen molar-refractivity contribution in [2.24, 2.45) is 5.73 Å². The molecular formula is C21H27ClN2O. The number of nitrogens with one attached hydrogen (secondary N) is 1. The number of hydrogen-bond acceptors (Lipinski definition) is 2. The maximum absolute atomic E-state index is 12.7. The van der Waals surface area contributed by atoms with Crippen LogP contribution in [0.25, 0.3) is 0 Å². The molecule has 0 aromatic heterocycles. The van der Waals surface area contributed by atoms with Gasteiger partial charge in [0.15, 0.2) is 0 Å². The van der Waals surface area contributed by atoms with Gasteiger partial charge in [0.05, 0.1) is 0 Å². The van der Waals surface area contributed by atoms with Crippen molar-refractivity contribution >= 4 is 18.3 Å². The van der Waals surface area contributed by atoms with Crippen LogP contribution in [-0.2, 0) is 12.8 Å². The highest BCUT2D eigenvalue weighted by molar-refractivity contribution is 5.95. The van der Waals surface area contributed by atoms with Gasteiger partial charge in [0, 0.05) is 17.6 Å². The summed E-state index contributed by atoms with van der Waals surface area (Å²) in [6, 6.07) is 18.9. The molecule has 0 bridgehead atoms. The first-order valence-corrected chi connectivity index (χ1v) is 8.90. The summed E-state index contributed by atoms with van der Waals surface area (Å²) in [6.07, 6.45) is 5.80. The summed E-state index contributed by atoms with van der Waals surface area (Å²) in [5.74, 6) is 0.0548. The van der Waals surface area contributed by atoms with E-state index in [2.05, 4.69) is 35.6 Å². The second-order valence-electron chi connectivity index (χ2n) is 6.73. The molecule has 3 rings (SSSR count). The maximum Gasteiger partial charge on any atom is 0.251 e. The first kappa shape index (κ1) is 19.5. The van der Waals surface area contributed by atoms with E-state index < -0.39 is 0 Å². The molecule has 0 saturated heterocycles. The van der Waals surface area contributed by atoms with Crippen molar-refractivity contribution in [2.45, 2.75) is 50.6 Å². The number of carbonyl (C=O) groups excluding carboxylic acids is 1. The number of nitrogens with two attached hydrogens (primary N) is 1. The van der Waals surface area contributed by atoms with Crippen LogP contribution in [0.5, 0.6) is 0 Å². The summed E-state index contributed by atoms with van der Waals surface area (Å²) >= 11 is 0. The van der Waals surface area contributed by atoms with Gasteiger partial charge in [-0.25, -0.2) is 0 Å². The molecule has 0 radical (unpaired) electrons. The van der Waals surface area contributed by atoms with Crippen LogP contribution in [0.2, 0.25) is 0 Å². The normalized spacial score (nSPS) is 19.7. The maximum atomic E-state index is 12.7. The number of benzene rings is 2. The molecule has 1 amide bonds. The molecule has 1 aliphatic carbocycles. The predicted octanol–water partition coefficient (Wildman–Crippen LogP) is 3.89. The Labute approximate surface area is 156 Å². The van der Waals surface area contributed by atoms with E-state index in [1.165, 1.54) is 5.56 Å². The first-order chi connectivity index (χ1) is 11.7. The number of carbonyl (C=O) groups is 1. The molecule has 2 aromatic carbocycles. The fourth-order valence-electron chi connectivity index (χ4n) is 3.41. The van der Waals surface area contributed by atoms with Crippen molar-refractivity contribution in [1.29, 1.82) is 0 Å². The minimum Gasteiger partial charge on any atom is -0.349 e. The van der Waals surface area contributed by atoms with Gasteiger partial charge in [0.1, 0.15) is 0 Å². The molecule has 4 heteroatoms. The van der Waals surface area contributed by atoms with E-state index in [4.69, 9.17) is 5.73 Å². The van der Waals surface area contributed by atoms with Crippen molar-refractivity contribution in [3.05, 3.63) is 71.3 Å². The van der Waals surface area contributed by atoms with Gasteiger partial charge >= 0.3 is 0 Å². The number of aryl methyl sites for hydroxylation is 2. The minimum absolute atomic E-state index is 0. The molecule has 0 atom stereocenters. The molecule has 0 aliphatic heterocycles. The van der Waals surface area contributed by atoms with Crippen LogP contribution < -0.4 is 11.1 Å². The lowest BCUT2D eigenvalue weighted by Crippen LogP contribution is -2.40. The molecule has 0 heterocycles. The summed E-state index contributed by atoms with van der Waals surface area (Å²) < 4.78 is 0. The smallest absolute Gasteiger partial charge is 0.251 e. The van der Waals surface area contributed by atoms with Gasteiger partial charge in [0.2, 0.25) is 0 Å². The zero-order valence-electron chi connectivity index (χ0n) is 14.5. The molecular weight excluding hydrogens is 332 g/mol. The van der Waals surface area contributed by atoms with Crippen molar-refractivity contribution in [2.75, 3.05) is 0 Å². The predicted molar refractivity (Wildman–Crippen MR) is 105 cm³/mol. The van der Waals surface area contributed by atoms with Crippen molar-refractivity contribution < 1.29 is 4.79 Å². The van der Waals surface area contributed by atoms with E-state index in [0.717, 1.165) is 49.7 Å². The fourth-order valence-corrected chi connectivity index (χ4v) is 3.41. The highest BCUT2D eigenvalue weighted by Gasteiger charge is 2.21. The fraction of sp³-hybridized carbons (Fsp3) is 0.381. The van der Waals surface area contributed by atoms with Crippen LogP contribution in [0.1, 0.15) is 47.2 Å². The standard InChI is InChI=1S/C21H26N2O.ClH/c22-18-12-14-19(15-13-18)23-21(24)20-9-5-4-8-17(20)11-10-16-6-2-1-3-7-16;/h1-9,18-19H,10-15,22H2,(H,23,24);1H. The lowest BCUT2D eigenvalue weighted by molar-refractivity contribution is 0.0925. The van der Waals surface area contributed by atoms with Crippen LogP contribution >= 0.6 is 12.4 Å². The largest absolute Gasteiger partial charge is 0.349 e. The molecule has 3 N–H and O–H groups in total. The third-order valence-corrected chi connectivity index (χ3v) is 4.89. The van der Waals surface area contributed by atoms with Crippen molar-refractivity contribution in [1.82, 2.24) is 5.32 Å². The van der Waals surface area contributed by atoms with E-state index >= 15 is 0 Å². The molecule has 2 aromatic rings. The monoisotopic (exact) mass is 358 g/mol. The van der Waals surface area contributed by atoms with Gasteiger partial charge in [-0.2, -0.15) is 0 Å². The Kier molecular flexibility index (Phi) is 7.48. The van der Waals surface area contributed by atoms with Crippen molar-refractivity contribution in [3.8, 4) is 0 Å². The Morgan fingerprint density at radius 1 is 0.920 bits per heavy atom. The average Bonchev–Trinajstić information content (AvgIpc) is 2.63. The second-order valence-corrected chi connectivity index (χ2v) is 6.73. The van der Waals surface area contributed by atoms with Gasteiger partial charge < -0.3 is 11.1 Å². The number of rotatable bonds is 5. The molecule has 1 aliphatic rings. The quantitative estimate of drug-likeness (QED) is 0.851. The third kappa shape index (κ3) is 5.58. The van der Waals surface area contributed by atoms with Crippen molar-refractivity contribution in [3.63, 3.8) is 0 Å². The molecule has 3 nitrogen and oxygen atoms in total. The topological polar surface area (TPSA) is 55.1 Å². The van der Waals surface area contributed by atoms with E-state index in [1.807, 2.05) is 24.3 Å². The van der Waals surface area contributed by atoms with Crippen LogP contribution in [0.4, 0.5) is 0 Å². The highest BCUT2D eigenvalue weighted by atomic mass is 35.5. The number of halogens is 1. The zero-order chi connectivity index (χ0) is 16.8. The number of hydrogen-bond donors (Lipinski definition) is 2. The summed E-state index contributed by atoms with van der Waals surface area (Å²) in [5.41, 5.74) is 9.17. The molecule has 134 valence electrons. The Balaban J connectivity index is 0.00000225. The number of amides is 1. The van der Waals surface area contributed by atoms with E-state index in [-0.39, 0.29) is 24.4 Å². The van der Waals surface area contributed by atoms with Gasteiger partial charge in [0.25, 0.3) is 5.91 Å². The van der Waals surface area contributed by atoms with E-state index in [9.17, 15) is 4.79 Å². The summed E-state index contributed by atoms with van der Waals surface area (Å²) in [6.45, 7) is 0. The molecule has 0 spiro atoms. The van der Waals surface area contributed by atoms with Gasteiger partial charge in [-0.05, 0) is 55.7 Å². The Morgan fingerprint density at radius 2 is 1.56 bits per heavy atom. The van der Waals surface area contributed by atoms with Crippen LogP contribution in [0.15, 0.2) is 54.6 Å². The summed E-state index contributed by atoms with van der Waals surface area (Å²) in [5, 5.41) is 3.20. The minimum atomic E-state index is 0. The molecule has 0 unspecified atom stereocenters. The SMILES string of the molecule is Cl.NC1CCC(NC(=O)c2ccccc2CCc2ccccc2)CC1. The zero-order valence-corrected chi connectivity index (χ0v) is 15.3.